The van der Waals surface area contributed by atoms with E-state index in [9.17, 15) is 4.79 Å². The molecule has 0 atom stereocenters. The van der Waals surface area contributed by atoms with Crippen molar-refractivity contribution >= 4 is 44.0 Å². The quantitative estimate of drug-likeness (QED) is 0.255. The van der Waals surface area contributed by atoms with Crippen molar-refractivity contribution in [1.29, 1.82) is 0 Å². The van der Waals surface area contributed by atoms with E-state index in [1.165, 1.54) is 5.56 Å². The van der Waals surface area contributed by atoms with E-state index in [2.05, 4.69) is 71.6 Å². The zero-order chi connectivity index (χ0) is 23.8. The molecule has 1 aliphatic rings. The van der Waals surface area contributed by atoms with Crippen LogP contribution in [-0.4, -0.2) is 30.1 Å². The minimum Gasteiger partial charge on any atom is -0.488 e. The van der Waals surface area contributed by atoms with Crippen molar-refractivity contribution in [2.24, 2.45) is 11.0 Å². The maximum absolute atomic E-state index is 12.6. The zero-order valence-electron chi connectivity index (χ0n) is 18.8. The van der Waals surface area contributed by atoms with Crippen molar-refractivity contribution in [1.82, 2.24) is 10.3 Å². The Kier molecular flexibility index (Phi) is 8.91. The molecular weight excluding hydrogens is 558 g/mol. The topological polar surface area (TPSA) is 53.9 Å². The van der Waals surface area contributed by atoms with E-state index in [0.717, 1.165) is 58.3 Å². The molecule has 1 amide bonds. The van der Waals surface area contributed by atoms with Gasteiger partial charge in [0.25, 0.3) is 0 Å². The molecule has 176 valence electrons. The minimum absolute atomic E-state index is 0.0118. The largest absolute Gasteiger partial charge is 0.488 e. The number of rotatable bonds is 8. The maximum Gasteiger partial charge on any atom is 0.243 e. The molecular formula is C27H27Br2N3O2. The Balaban J connectivity index is 1.25. The van der Waals surface area contributed by atoms with E-state index in [1.807, 2.05) is 48.5 Å². The van der Waals surface area contributed by atoms with Gasteiger partial charge in [-0.1, -0.05) is 68.3 Å². The number of hydrogen-bond donors (Lipinski definition) is 1. The molecule has 7 heteroatoms. The van der Waals surface area contributed by atoms with Crippen LogP contribution in [0, 0.1) is 5.92 Å². The fourth-order valence-electron chi connectivity index (χ4n) is 3.92. The Bertz CT molecular complexity index is 1110. The summed E-state index contributed by atoms with van der Waals surface area (Å²) >= 11 is 6.92. The van der Waals surface area contributed by atoms with Gasteiger partial charge in [0.2, 0.25) is 5.91 Å². The first-order valence-electron chi connectivity index (χ1n) is 11.3. The molecule has 1 aliphatic heterocycles. The number of nitrogens with zero attached hydrogens (tertiary/aromatic N) is 2. The Morgan fingerprint density at radius 3 is 2.24 bits per heavy atom. The van der Waals surface area contributed by atoms with Crippen molar-refractivity contribution in [3.63, 3.8) is 0 Å². The predicted molar refractivity (Wildman–Crippen MR) is 143 cm³/mol. The predicted octanol–water partition coefficient (Wildman–Crippen LogP) is 6.15. The Labute approximate surface area is 217 Å². The van der Waals surface area contributed by atoms with Gasteiger partial charge in [-0.2, -0.15) is 5.10 Å². The summed E-state index contributed by atoms with van der Waals surface area (Å²) in [7, 11) is 0. The van der Waals surface area contributed by atoms with Crippen LogP contribution in [0.2, 0.25) is 0 Å². The first-order valence-corrected chi connectivity index (χ1v) is 12.9. The molecule has 5 nitrogen and oxygen atoms in total. The second-order valence-corrected chi connectivity index (χ2v) is 10.2. The molecule has 3 aromatic rings. The van der Waals surface area contributed by atoms with Gasteiger partial charge < -0.3 is 4.74 Å². The van der Waals surface area contributed by atoms with Crippen molar-refractivity contribution in [2.45, 2.75) is 26.0 Å². The summed E-state index contributed by atoms with van der Waals surface area (Å²) in [4.78, 5) is 15.0. The van der Waals surface area contributed by atoms with Gasteiger partial charge in [-0.05, 0) is 73.5 Å². The number of hydrazone groups is 1. The van der Waals surface area contributed by atoms with Crippen molar-refractivity contribution < 1.29 is 9.53 Å². The van der Waals surface area contributed by atoms with Gasteiger partial charge in [0.05, 0.1) is 6.21 Å². The first kappa shape index (κ1) is 24.6. The summed E-state index contributed by atoms with van der Waals surface area (Å²) in [6, 6.07) is 24.1. The van der Waals surface area contributed by atoms with Crippen LogP contribution < -0.4 is 10.2 Å². The number of carbonyl (C=O) groups is 1. The van der Waals surface area contributed by atoms with Gasteiger partial charge >= 0.3 is 0 Å². The molecule has 1 fully saturated rings. The number of para-hydroxylation sites is 1. The number of piperidine rings is 1. The van der Waals surface area contributed by atoms with Gasteiger partial charge in [-0.3, -0.25) is 9.69 Å². The molecule has 0 aromatic heterocycles. The highest BCUT2D eigenvalue weighted by Crippen LogP contribution is 2.21. The summed E-state index contributed by atoms with van der Waals surface area (Å²) in [6.07, 6.45) is 3.33. The van der Waals surface area contributed by atoms with Crippen LogP contribution in [0.15, 0.2) is 86.8 Å². The maximum atomic E-state index is 12.6. The van der Waals surface area contributed by atoms with Crippen molar-refractivity contribution in [3.05, 3.63) is 98.4 Å². The summed E-state index contributed by atoms with van der Waals surface area (Å²) in [5, 5.41) is 4.21. The van der Waals surface area contributed by atoms with Gasteiger partial charge in [0, 0.05) is 27.0 Å². The first-order chi connectivity index (χ1) is 16.6. The normalized spacial score (nSPS) is 14.9. The summed E-state index contributed by atoms with van der Waals surface area (Å²) < 4.78 is 8.10. The monoisotopic (exact) mass is 583 g/mol. The molecule has 34 heavy (non-hydrogen) atoms. The van der Waals surface area contributed by atoms with Crippen LogP contribution in [0.3, 0.4) is 0 Å². The molecule has 0 unspecified atom stereocenters. The number of halogens is 2. The Morgan fingerprint density at radius 2 is 1.56 bits per heavy atom. The molecule has 3 aromatic carbocycles. The number of carbonyl (C=O) groups excluding carboxylic acids is 1. The van der Waals surface area contributed by atoms with Crippen LogP contribution >= 0.6 is 31.9 Å². The molecule has 0 aliphatic carbocycles. The molecule has 1 heterocycles. The average molecular weight is 585 g/mol. The zero-order valence-corrected chi connectivity index (χ0v) is 22.0. The summed E-state index contributed by atoms with van der Waals surface area (Å²) in [5.74, 6) is 0.694. The smallest absolute Gasteiger partial charge is 0.243 e. The molecule has 0 spiro atoms. The molecule has 0 radical (unpaired) electrons. The fourth-order valence-corrected chi connectivity index (χ4v) is 4.45. The van der Waals surface area contributed by atoms with Gasteiger partial charge in [-0.25, -0.2) is 5.43 Å². The number of ether oxygens (including phenoxy) is 1. The number of likely N-dealkylation sites (tertiary alicyclic amines) is 1. The highest BCUT2D eigenvalue weighted by molar-refractivity contribution is 9.10. The SMILES string of the molecule is O=C(N/N=C\c1ccccc1OCc1ccc(Br)cc1)C1CCN(Cc2ccc(Br)cc2)CC1. The lowest BCUT2D eigenvalue weighted by Crippen LogP contribution is -2.39. The average Bonchev–Trinajstić information content (AvgIpc) is 2.86. The third-order valence-corrected chi connectivity index (χ3v) is 6.94. The van der Waals surface area contributed by atoms with Crippen molar-refractivity contribution in [2.75, 3.05) is 13.1 Å². The second-order valence-electron chi connectivity index (χ2n) is 8.36. The van der Waals surface area contributed by atoms with Gasteiger partial charge in [0.1, 0.15) is 12.4 Å². The standard InChI is InChI=1S/C27H27Br2N3O2/c28-24-9-5-20(6-10-24)18-32-15-13-22(14-16-32)27(33)31-30-17-23-3-1-2-4-26(23)34-19-21-7-11-25(29)12-8-21/h1-12,17,22H,13-16,18-19H2,(H,31,33)/b30-17-. The van der Waals surface area contributed by atoms with E-state index in [-0.39, 0.29) is 11.8 Å². The minimum atomic E-state index is -0.0206. The highest BCUT2D eigenvalue weighted by atomic mass is 79.9. The highest BCUT2D eigenvalue weighted by Gasteiger charge is 2.24. The second kappa shape index (κ2) is 12.3. The molecule has 1 saturated heterocycles. The van der Waals surface area contributed by atoms with E-state index < -0.39 is 0 Å². The van der Waals surface area contributed by atoms with Gasteiger partial charge in [0.15, 0.2) is 0 Å². The number of hydrogen-bond acceptors (Lipinski definition) is 4. The van der Waals surface area contributed by atoms with Crippen LogP contribution in [0.5, 0.6) is 5.75 Å². The van der Waals surface area contributed by atoms with Crippen LogP contribution in [0.1, 0.15) is 29.5 Å². The summed E-state index contributed by atoms with van der Waals surface area (Å²) in [5.41, 5.74) is 5.92. The lowest BCUT2D eigenvalue weighted by Gasteiger charge is -2.30. The number of benzene rings is 3. The lowest BCUT2D eigenvalue weighted by molar-refractivity contribution is -0.126. The Morgan fingerprint density at radius 1 is 0.941 bits per heavy atom. The molecule has 4 rings (SSSR count). The molecule has 0 saturated carbocycles. The van der Waals surface area contributed by atoms with Crippen LogP contribution in [-0.2, 0) is 17.9 Å². The fraction of sp³-hybridized carbons (Fsp3) is 0.259. The van der Waals surface area contributed by atoms with Crippen molar-refractivity contribution in [3.8, 4) is 5.75 Å². The number of amides is 1. The number of nitrogens with one attached hydrogen (secondary N) is 1. The summed E-state index contributed by atoms with van der Waals surface area (Å²) in [6.45, 7) is 3.19. The van der Waals surface area contributed by atoms with E-state index >= 15 is 0 Å². The van der Waals surface area contributed by atoms with Gasteiger partial charge in [-0.15, -0.1) is 0 Å². The van der Waals surface area contributed by atoms with E-state index in [0.29, 0.717) is 6.61 Å². The molecule has 0 bridgehead atoms. The van der Waals surface area contributed by atoms with E-state index in [4.69, 9.17) is 4.74 Å². The lowest BCUT2D eigenvalue weighted by atomic mass is 9.96. The molecule has 1 N–H and O–H groups in total. The Hall–Kier alpha value is -2.48. The van der Waals surface area contributed by atoms with Crippen LogP contribution in [0.4, 0.5) is 0 Å². The third kappa shape index (κ3) is 7.26. The third-order valence-electron chi connectivity index (χ3n) is 5.88. The van der Waals surface area contributed by atoms with Crippen LogP contribution in [0.25, 0.3) is 0 Å². The van der Waals surface area contributed by atoms with E-state index in [1.54, 1.807) is 6.21 Å².